The number of carboxylic acid groups (broad SMARTS) is 1. The summed E-state index contributed by atoms with van der Waals surface area (Å²) < 4.78 is 1.21. The normalized spacial score (nSPS) is 11.3. The van der Waals surface area contributed by atoms with Gasteiger partial charge in [-0.15, -0.1) is 16.4 Å². The van der Waals surface area contributed by atoms with Gasteiger partial charge < -0.3 is 10.4 Å². The van der Waals surface area contributed by atoms with Gasteiger partial charge in [-0.1, -0.05) is 25.1 Å². The van der Waals surface area contributed by atoms with Crippen molar-refractivity contribution in [2.45, 2.75) is 25.8 Å². The Balaban J connectivity index is 1.88. The number of thiophene rings is 1. The minimum absolute atomic E-state index is 0.0548. The van der Waals surface area contributed by atoms with Gasteiger partial charge in [-0.3, -0.25) is 4.79 Å². The highest BCUT2D eigenvalue weighted by molar-refractivity contribution is 7.10. The van der Waals surface area contributed by atoms with Crippen molar-refractivity contribution in [1.82, 2.24) is 20.3 Å². The summed E-state index contributed by atoms with van der Waals surface area (Å²) in [6.07, 6.45) is 1.23. The molecule has 0 radical (unpaired) electrons. The van der Waals surface area contributed by atoms with Crippen LogP contribution in [0.1, 0.15) is 29.2 Å². The zero-order valence-corrected chi connectivity index (χ0v) is 12.6. The minimum Gasteiger partial charge on any atom is -0.476 e. The Morgan fingerprint density at radius 1 is 1.48 bits per heavy atom. The monoisotopic (exact) mass is 308 g/mol. The number of hydrogen-bond acceptors (Lipinski definition) is 5. The van der Waals surface area contributed by atoms with E-state index in [4.69, 9.17) is 5.11 Å². The number of hydrogen-bond donors (Lipinski definition) is 2. The Morgan fingerprint density at radius 3 is 2.81 bits per heavy atom. The van der Waals surface area contributed by atoms with Crippen LogP contribution < -0.4 is 5.32 Å². The third-order valence-corrected chi connectivity index (χ3v) is 4.21. The highest BCUT2D eigenvalue weighted by atomic mass is 32.1. The molecule has 21 heavy (non-hydrogen) atoms. The number of nitrogens with zero attached hydrogens (tertiary/aromatic N) is 3. The highest BCUT2D eigenvalue weighted by Gasteiger charge is 2.22. The van der Waals surface area contributed by atoms with E-state index in [-0.39, 0.29) is 23.6 Å². The molecule has 2 heterocycles. The lowest BCUT2D eigenvalue weighted by atomic mass is 9.91. The molecule has 2 aromatic heterocycles. The topological polar surface area (TPSA) is 97.1 Å². The fourth-order valence-electron chi connectivity index (χ4n) is 1.75. The summed E-state index contributed by atoms with van der Waals surface area (Å²) in [5.41, 5.74) is -0.333. The molecule has 8 heteroatoms. The van der Waals surface area contributed by atoms with Crippen molar-refractivity contribution < 1.29 is 14.7 Å². The molecule has 0 saturated carbocycles. The zero-order chi connectivity index (χ0) is 15.5. The largest absolute Gasteiger partial charge is 0.476 e. The smallest absolute Gasteiger partial charge is 0.358 e. The van der Waals surface area contributed by atoms with E-state index in [2.05, 4.69) is 29.5 Å². The molecule has 0 saturated heterocycles. The Bertz CT molecular complexity index is 634. The minimum atomic E-state index is -1.17. The van der Waals surface area contributed by atoms with Crippen LogP contribution in [0.5, 0.6) is 0 Å². The summed E-state index contributed by atoms with van der Waals surface area (Å²) in [6, 6.07) is 4.01. The zero-order valence-electron chi connectivity index (χ0n) is 11.7. The molecule has 0 fully saturated rings. The number of carbonyl (C=O) groups is 2. The quantitative estimate of drug-likeness (QED) is 0.834. The van der Waals surface area contributed by atoms with Gasteiger partial charge in [-0.05, 0) is 11.4 Å². The van der Waals surface area contributed by atoms with Crippen LogP contribution >= 0.6 is 11.3 Å². The number of aromatic carboxylic acids is 1. The van der Waals surface area contributed by atoms with Crippen LogP contribution in [0.4, 0.5) is 0 Å². The molecule has 0 aromatic carbocycles. The Labute approximate surface area is 125 Å². The average molecular weight is 308 g/mol. The molecule has 1 amide bonds. The van der Waals surface area contributed by atoms with Crippen molar-refractivity contribution in [3.63, 3.8) is 0 Å². The van der Waals surface area contributed by atoms with E-state index < -0.39 is 5.97 Å². The number of nitrogens with one attached hydrogen (secondary N) is 1. The van der Waals surface area contributed by atoms with Gasteiger partial charge in [0.15, 0.2) is 5.69 Å². The molecule has 0 aliphatic rings. The van der Waals surface area contributed by atoms with Gasteiger partial charge in [0.1, 0.15) is 6.54 Å². The van der Waals surface area contributed by atoms with E-state index in [0.717, 1.165) is 0 Å². The van der Waals surface area contributed by atoms with Crippen LogP contribution in [0.15, 0.2) is 23.7 Å². The van der Waals surface area contributed by atoms with Crippen molar-refractivity contribution >= 4 is 23.2 Å². The summed E-state index contributed by atoms with van der Waals surface area (Å²) in [4.78, 5) is 23.7. The number of carboxylic acids is 1. The standard InChI is InChI=1S/C13H16N4O3S/c1-13(2,10-4-3-5-21-10)8-14-11(18)7-17-6-9(12(19)20)15-16-17/h3-6H,7-8H2,1-2H3,(H,14,18)(H,19,20). The van der Waals surface area contributed by atoms with Crippen LogP contribution in [0, 0.1) is 0 Å². The first-order valence-electron chi connectivity index (χ1n) is 6.32. The fraction of sp³-hybridized carbons (Fsp3) is 0.385. The average Bonchev–Trinajstić information content (AvgIpc) is 3.07. The lowest BCUT2D eigenvalue weighted by molar-refractivity contribution is -0.122. The molecule has 0 unspecified atom stereocenters. The molecule has 0 atom stereocenters. The summed E-state index contributed by atoms with van der Waals surface area (Å²) in [5, 5.41) is 20.6. The van der Waals surface area contributed by atoms with Crippen molar-refractivity contribution in [1.29, 1.82) is 0 Å². The highest BCUT2D eigenvalue weighted by Crippen LogP contribution is 2.26. The molecule has 2 N–H and O–H groups in total. The van der Waals surface area contributed by atoms with Gasteiger partial charge in [-0.25, -0.2) is 9.48 Å². The maximum absolute atomic E-state index is 11.9. The second-order valence-corrected chi connectivity index (χ2v) is 6.19. The molecule has 0 aliphatic heterocycles. The maximum atomic E-state index is 11.9. The molecular formula is C13H16N4O3S. The van der Waals surface area contributed by atoms with Gasteiger partial charge in [0, 0.05) is 16.8 Å². The molecular weight excluding hydrogens is 292 g/mol. The van der Waals surface area contributed by atoms with Crippen LogP contribution in [-0.4, -0.2) is 38.5 Å². The molecule has 112 valence electrons. The molecule has 2 aromatic rings. The number of carbonyl (C=O) groups excluding carboxylic acids is 1. The van der Waals surface area contributed by atoms with Gasteiger partial charge in [-0.2, -0.15) is 0 Å². The van der Waals surface area contributed by atoms with Gasteiger partial charge in [0.2, 0.25) is 5.91 Å². The maximum Gasteiger partial charge on any atom is 0.358 e. The summed E-state index contributed by atoms with van der Waals surface area (Å²) >= 11 is 1.65. The third kappa shape index (κ3) is 3.88. The van der Waals surface area contributed by atoms with Gasteiger partial charge in [0.05, 0.1) is 6.20 Å². The first kappa shape index (κ1) is 15.2. The van der Waals surface area contributed by atoms with E-state index in [1.165, 1.54) is 15.8 Å². The molecule has 0 bridgehead atoms. The molecule has 2 rings (SSSR count). The van der Waals surface area contributed by atoms with E-state index in [1.54, 1.807) is 11.3 Å². The van der Waals surface area contributed by atoms with E-state index >= 15 is 0 Å². The van der Waals surface area contributed by atoms with Crippen molar-refractivity contribution in [3.8, 4) is 0 Å². The number of rotatable bonds is 6. The van der Waals surface area contributed by atoms with Crippen LogP contribution in [-0.2, 0) is 16.8 Å². The second-order valence-electron chi connectivity index (χ2n) is 5.24. The second kappa shape index (κ2) is 6.04. The number of amides is 1. The fourth-order valence-corrected chi connectivity index (χ4v) is 2.60. The Morgan fingerprint density at radius 2 is 2.24 bits per heavy atom. The Kier molecular flexibility index (Phi) is 4.37. The Hall–Kier alpha value is -2.22. The van der Waals surface area contributed by atoms with Crippen LogP contribution in [0.3, 0.4) is 0 Å². The first-order chi connectivity index (χ1) is 9.88. The van der Waals surface area contributed by atoms with E-state index in [1.807, 2.05) is 17.5 Å². The first-order valence-corrected chi connectivity index (χ1v) is 7.20. The predicted octanol–water partition coefficient (Wildman–Crippen LogP) is 1.13. The van der Waals surface area contributed by atoms with Crippen molar-refractivity contribution in [3.05, 3.63) is 34.3 Å². The van der Waals surface area contributed by atoms with Crippen molar-refractivity contribution in [2.24, 2.45) is 0 Å². The third-order valence-electron chi connectivity index (χ3n) is 2.98. The predicted molar refractivity (Wildman–Crippen MR) is 77.3 cm³/mol. The SMILES string of the molecule is CC(C)(CNC(=O)Cn1cc(C(=O)O)nn1)c1cccs1. The van der Waals surface area contributed by atoms with Gasteiger partial charge in [0.25, 0.3) is 0 Å². The van der Waals surface area contributed by atoms with Crippen LogP contribution in [0.25, 0.3) is 0 Å². The van der Waals surface area contributed by atoms with Gasteiger partial charge >= 0.3 is 5.97 Å². The lowest BCUT2D eigenvalue weighted by Gasteiger charge is -2.23. The van der Waals surface area contributed by atoms with E-state index in [9.17, 15) is 9.59 Å². The van der Waals surface area contributed by atoms with Crippen molar-refractivity contribution in [2.75, 3.05) is 6.54 Å². The molecule has 7 nitrogen and oxygen atoms in total. The molecule has 0 aliphatic carbocycles. The summed E-state index contributed by atoms with van der Waals surface area (Å²) in [7, 11) is 0. The lowest BCUT2D eigenvalue weighted by Crippen LogP contribution is -2.37. The summed E-state index contributed by atoms with van der Waals surface area (Å²) in [6.45, 7) is 4.54. The number of aromatic nitrogens is 3. The summed E-state index contributed by atoms with van der Waals surface area (Å²) in [5.74, 6) is -1.40. The van der Waals surface area contributed by atoms with E-state index in [0.29, 0.717) is 6.54 Å². The molecule has 0 spiro atoms. The van der Waals surface area contributed by atoms with Crippen LogP contribution in [0.2, 0.25) is 0 Å².